The van der Waals surface area contributed by atoms with Crippen molar-refractivity contribution in [2.45, 2.75) is 26.3 Å². The van der Waals surface area contributed by atoms with E-state index in [2.05, 4.69) is 49.1 Å². The van der Waals surface area contributed by atoms with Crippen LogP contribution in [0.15, 0.2) is 42.7 Å². The molecule has 4 aromatic rings. The van der Waals surface area contributed by atoms with Gasteiger partial charge in [0.2, 0.25) is 5.95 Å². The van der Waals surface area contributed by atoms with E-state index >= 15 is 0 Å². The number of aryl methyl sites for hydroxylation is 2. The first-order valence-corrected chi connectivity index (χ1v) is 13.6. The molecule has 2 aromatic carbocycles. The van der Waals surface area contributed by atoms with Crippen molar-refractivity contribution >= 4 is 39.9 Å². The van der Waals surface area contributed by atoms with Crippen LogP contribution in [-0.2, 0) is 17.7 Å². The third kappa shape index (κ3) is 5.27. The second-order valence-corrected chi connectivity index (χ2v) is 10.3. The first-order valence-electron chi connectivity index (χ1n) is 13.6. The largest absolute Gasteiger partial charge is 0.494 e. The number of anilines is 4. The molecule has 3 heterocycles. The van der Waals surface area contributed by atoms with Crippen LogP contribution in [0.1, 0.15) is 29.3 Å². The van der Waals surface area contributed by atoms with Gasteiger partial charge in [0.05, 0.1) is 42.0 Å². The van der Waals surface area contributed by atoms with Gasteiger partial charge in [0.25, 0.3) is 0 Å². The number of benzene rings is 2. The van der Waals surface area contributed by atoms with Crippen LogP contribution >= 0.6 is 0 Å². The van der Waals surface area contributed by atoms with Crippen LogP contribution in [0.3, 0.4) is 0 Å². The molecule has 0 fully saturated rings. The Morgan fingerprint density at radius 3 is 2.77 bits per heavy atom. The summed E-state index contributed by atoms with van der Waals surface area (Å²) >= 11 is 0. The van der Waals surface area contributed by atoms with Crippen molar-refractivity contribution in [3.63, 3.8) is 0 Å². The Kier molecular flexibility index (Phi) is 7.79. The minimum atomic E-state index is -0.456. The Morgan fingerprint density at radius 1 is 1.20 bits per heavy atom. The van der Waals surface area contributed by atoms with Gasteiger partial charge in [-0.1, -0.05) is 18.2 Å². The highest BCUT2D eigenvalue weighted by Gasteiger charge is 2.24. The summed E-state index contributed by atoms with van der Waals surface area (Å²) in [6, 6.07) is 10.0. The molecule has 1 aliphatic heterocycles. The Labute approximate surface area is 234 Å². The molecule has 3 N–H and O–H groups in total. The molecule has 0 amide bonds. The van der Waals surface area contributed by atoms with Gasteiger partial charge in [-0.05, 0) is 45.5 Å². The molecular weight excluding hydrogens is 506 g/mol. The minimum Gasteiger partial charge on any atom is -0.494 e. The molecule has 10 heteroatoms. The van der Waals surface area contributed by atoms with E-state index in [0.717, 1.165) is 49.1 Å². The van der Waals surface area contributed by atoms with Gasteiger partial charge >= 0.3 is 5.97 Å². The lowest BCUT2D eigenvalue weighted by molar-refractivity contribution is 0.0526. The van der Waals surface area contributed by atoms with Gasteiger partial charge in [-0.3, -0.25) is 0 Å². The van der Waals surface area contributed by atoms with E-state index in [4.69, 9.17) is 20.2 Å². The fraction of sp³-hybridized carbons (Fsp3) is 0.367. The van der Waals surface area contributed by atoms with Crippen LogP contribution in [-0.4, -0.2) is 73.4 Å². The maximum atomic E-state index is 13.0. The zero-order valence-corrected chi connectivity index (χ0v) is 23.8. The number of aromatic nitrogens is 3. The highest BCUT2D eigenvalue weighted by Crippen LogP contribution is 2.38. The molecule has 0 bridgehead atoms. The SMILES string of the molecule is CCOC(=O)c1cnc(Nc2cc(N)c(N(C)CCN(C)C)cc2OC)nc1-c1cn2c3c(cccc13)CCC2. The zero-order valence-electron chi connectivity index (χ0n) is 23.8. The Balaban J connectivity index is 1.55. The number of nitrogen functional groups attached to an aromatic ring is 1. The summed E-state index contributed by atoms with van der Waals surface area (Å²) in [5.74, 6) is 0.469. The molecule has 0 unspecified atom stereocenters. The van der Waals surface area contributed by atoms with Crippen LogP contribution in [0.5, 0.6) is 5.75 Å². The molecular formula is C30H37N7O3. The molecule has 0 saturated heterocycles. The number of para-hydroxylation sites is 1. The summed E-state index contributed by atoms with van der Waals surface area (Å²) in [5, 5.41) is 4.32. The number of hydrogen-bond donors (Lipinski definition) is 2. The van der Waals surface area contributed by atoms with Gasteiger partial charge in [-0.25, -0.2) is 14.8 Å². The number of esters is 1. The normalized spacial score (nSPS) is 12.6. The highest BCUT2D eigenvalue weighted by molar-refractivity contribution is 6.03. The maximum Gasteiger partial charge on any atom is 0.341 e. The van der Waals surface area contributed by atoms with Crippen molar-refractivity contribution in [1.29, 1.82) is 0 Å². The van der Waals surface area contributed by atoms with Crippen LogP contribution in [0.25, 0.3) is 22.2 Å². The van der Waals surface area contributed by atoms with Gasteiger partial charge in [-0.15, -0.1) is 0 Å². The van der Waals surface area contributed by atoms with Crippen LogP contribution in [0.4, 0.5) is 23.0 Å². The fourth-order valence-corrected chi connectivity index (χ4v) is 5.22. The highest BCUT2D eigenvalue weighted by atomic mass is 16.5. The van der Waals surface area contributed by atoms with Gasteiger partial charge in [0.15, 0.2) is 0 Å². The second-order valence-electron chi connectivity index (χ2n) is 10.3. The van der Waals surface area contributed by atoms with Crippen LogP contribution in [0.2, 0.25) is 0 Å². The molecule has 210 valence electrons. The van der Waals surface area contributed by atoms with E-state index in [9.17, 15) is 4.79 Å². The first kappa shape index (κ1) is 27.3. The Morgan fingerprint density at radius 2 is 2.02 bits per heavy atom. The molecule has 0 spiro atoms. The summed E-state index contributed by atoms with van der Waals surface area (Å²) in [6.45, 7) is 4.66. The third-order valence-electron chi connectivity index (χ3n) is 7.26. The van der Waals surface area contributed by atoms with Crippen molar-refractivity contribution in [2.24, 2.45) is 0 Å². The first-order chi connectivity index (χ1) is 19.3. The number of carbonyl (C=O) groups is 1. The molecule has 5 rings (SSSR count). The van der Waals surface area contributed by atoms with E-state index in [0.29, 0.717) is 34.3 Å². The Hall–Kier alpha value is -4.31. The van der Waals surface area contributed by atoms with Crippen molar-refractivity contribution in [3.8, 4) is 17.0 Å². The molecule has 0 aliphatic carbocycles. The lowest BCUT2D eigenvalue weighted by atomic mass is 10.0. The molecule has 0 radical (unpaired) electrons. The fourth-order valence-electron chi connectivity index (χ4n) is 5.22. The van der Waals surface area contributed by atoms with E-state index in [-0.39, 0.29) is 6.61 Å². The summed E-state index contributed by atoms with van der Waals surface area (Å²) < 4.78 is 13.3. The smallest absolute Gasteiger partial charge is 0.341 e. The average molecular weight is 544 g/mol. The lowest BCUT2D eigenvalue weighted by Gasteiger charge is -2.24. The van der Waals surface area contributed by atoms with Crippen molar-refractivity contribution in [3.05, 3.63) is 53.9 Å². The van der Waals surface area contributed by atoms with E-state index < -0.39 is 5.97 Å². The predicted octanol–water partition coefficient (Wildman–Crippen LogP) is 4.55. The zero-order chi connectivity index (χ0) is 28.4. The quantitative estimate of drug-likeness (QED) is 0.220. The van der Waals surface area contributed by atoms with Gasteiger partial charge in [0, 0.05) is 56.1 Å². The number of rotatable bonds is 10. The maximum absolute atomic E-state index is 13.0. The molecule has 1 aliphatic rings. The van der Waals surface area contributed by atoms with Crippen molar-refractivity contribution < 1.29 is 14.3 Å². The van der Waals surface area contributed by atoms with E-state index in [1.807, 2.05) is 33.3 Å². The Bertz CT molecular complexity index is 1550. The standard InChI is InChI=1S/C30H37N7O3/c1-6-40-29(38)21-17-32-30(33-24-15-23(31)25(16-26(24)39-5)36(4)14-13-35(2)3)34-27(21)22-18-37-12-8-10-19-9-7-11-20(22)28(19)37/h7,9,11,15-18H,6,8,10,12-14,31H2,1-5H3,(H,32,33,34). The molecule has 0 saturated carbocycles. The minimum absolute atomic E-state index is 0.260. The number of hydrogen-bond acceptors (Lipinski definition) is 9. The number of nitrogens with zero attached hydrogens (tertiary/aromatic N) is 5. The second kappa shape index (κ2) is 11.4. The number of nitrogens with two attached hydrogens (primary N) is 1. The number of ether oxygens (including phenoxy) is 2. The summed E-state index contributed by atoms with van der Waals surface area (Å²) in [5.41, 5.74) is 12.8. The summed E-state index contributed by atoms with van der Waals surface area (Å²) in [4.78, 5) is 26.5. The number of carbonyl (C=O) groups excluding carboxylic acids is 1. The summed E-state index contributed by atoms with van der Waals surface area (Å²) in [6.07, 6.45) is 5.71. The van der Waals surface area contributed by atoms with Crippen molar-refractivity contribution in [1.82, 2.24) is 19.4 Å². The molecule has 40 heavy (non-hydrogen) atoms. The molecule has 2 aromatic heterocycles. The van der Waals surface area contributed by atoms with Crippen LogP contribution < -0.4 is 20.7 Å². The molecule has 0 atom stereocenters. The topological polar surface area (TPSA) is 111 Å². The monoisotopic (exact) mass is 543 g/mol. The van der Waals surface area contributed by atoms with Gasteiger partial charge < -0.3 is 34.9 Å². The van der Waals surface area contributed by atoms with E-state index in [1.54, 1.807) is 14.0 Å². The predicted molar refractivity (Wildman–Crippen MR) is 160 cm³/mol. The van der Waals surface area contributed by atoms with E-state index in [1.165, 1.54) is 17.3 Å². The number of nitrogens with one attached hydrogen (secondary N) is 1. The van der Waals surface area contributed by atoms with Crippen molar-refractivity contribution in [2.75, 3.05) is 63.9 Å². The van der Waals surface area contributed by atoms with Gasteiger partial charge in [-0.2, -0.15) is 0 Å². The van der Waals surface area contributed by atoms with Crippen LogP contribution in [0, 0.1) is 0 Å². The lowest BCUT2D eigenvalue weighted by Crippen LogP contribution is -2.29. The summed E-state index contributed by atoms with van der Waals surface area (Å²) in [7, 11) is 7.70. The van der Waals surface area contributed by atoms with Gasteiger partial charge in [0.1, 0.15) is 11.3 Å². The number of likely N-dealkylation sites (N-methyl/N-ethyl adjacent to an activating group) is 2. The third-order valence-corrected chi connectivity index (χ3v) is 7.26. The average Bonchev–Trinajstić information content (AvgIpc) is 3.32. The molecule has 10 nitrogen and oxygen atoms in total. The number of methoxy groups -OCH3 is 1.